The van der Waals surface area contributed by atoms with Crippen LogP contribution in [0.5, 0.6) is 0 Å². The fraction of sp³-hybridized carbons (Fsp3) is 0.650. The van der Waals surface area contributed by atoms with Crippen LogP contribution in [0.15, 0.2) is 23.2 Å². The van der Waals surface area contributed by atoms with Gasteiger partial charge < -0.3 is 15.5 Å². The van der Waals surface area contributed by atoms with Crippen molar-refractivity contribution in [1.29, 1.82) is 0 Å². The van der Waals surface area contributed by atoms with Crippen LogP contribution >= 0.6 is 24.0 Å². The molecule has 0 amide bonds. The summed E-state index contributed by atoms with van der Waals surface area (Å²) in [5.41, 5.74) is 4.21. The average molecular weight is 473 g/mol. The number of benzene rings is 1. The summed E-state index contributed by atoms with van der Waals surface area (Å²) in [6, 6.07) is 6.61. The molecule has 2 N–H and O–H groups in total. The van der Waals surface area contributed by atoms with Crippen LogP contribution in [0.25, 0.3) is 0 Å². The van der Waals surface area contributed by atoms with E-state index in [1.165, 1.54) is 16.8 Å². The van der Waals surface area contributed by atoms with Crippen molar-refractivity contribution in [3.63, 3.8) is 0 Å². The first-order valence-electron chi connectivity index (χ1n) is 9.32. The molecular formula is C20H36IN5. The van der Waals surface area contributed by atoms with Crippen molar-refractivity contribution in [2.24, 2.45) is 4.99 Å². The number of aryl methyl sites for hydroxylation is 1. The largest absolute Gasteiger partial charge is 0.369 e. The Morgan fingerprint density at radius 1 is 1.12 bits per heavy atom. The van der Waals surface area contributed by atoms with Gasteiger partial charge >= 0.3 is 0 Å². The van der Waals surface area contributed by atoms with Gasteiger partial charge in [-0.15, -0.1) is 24.0 Å². The van der Waals surface area contributed by atoms with Crippen LogP contribution in [0.4, 0.5) is 5.69 Å². The first-order valence-corrected chi connectivity index (χ1v) is 9.32. The Kier molecular flexibility index (Phi) is 9.16. The summed E-state index contributed by atoms with van der Waals surface area (Å²) in [5.74, 6) is 0.876. The highest BCUT2D eigenvalue weighted by atomic mass is 127. The van der Waals surface area contributed by atoms with Gasteiger partial charge in [-0.2, -0.15) is 0 Å². The molecule has 6 heteroatoms. The highest BCUT2D eigenvalue weighted by Crippen LogP contribution is 2.23. The van der Waals surface area contributed by atoms with Gasteiger partial charge in [-0.3, -0.25) is 9.89 Å². The van der Waals surface area contributed by atoms with Crippen LogP contribution in [0, 0.1) is 13.8 Å². The van der Waals surface area contributed by atoms with Crippen molar-refractivity contribution in [3.05, 3.63) is 29.3 Å². The van der Waals surface area contributed by atoms with Gasteiger partial charge in [0.05, 0.1) is 0 Å². The minimum atomic E-state index is 0. The van der Waals surface area contributed by atoms with E-state index in [2.05, 4.69) is 78.2 Å². The molecule has 0 saturated carbocycles. The van der Waals surface area contributed by atoms with Crippen LogP contribution in [0.2, 0.25) is 0 Å². The SMILES string of the molecule is CN=C(NCCN1CCN(c2cccc(C)c2C)CC1)NC(C)(C)C.I. The van der Waals surface area contributed by atoms with Crippen LogP contribution < -0.4 is 15.5 Å². The second kappa shape index (κ2) is 10.3. The maximum Gasteiger partial charge on any atom is 0.191 e. The predicted octanol–water partition coefficient (Wildman–Crippen LogP) is 3.01. The maximum absolute atomic E-state index is 4.29. The molecule has 0 radical (unpaired) electrons. The average Bonchev–Trinajstić information content (AvgIpc) is 2.56. The number of rotatable bonds is 4. The van der Waals surface area contributed by atoms with E-state index in [4.69, 9.17) is 0 Å². The second-order valence-electron chi connectivity index (χ2n) is 7.92. The molecule has 1 aromatic rings. The molecule has 0 bridgehead atoms. The number of anilines is 1. The van der Waals surface area contributed by atoms with Gasteiger partial charge in [0, 0.05) is 57.5 Å². The van der Waals surface area contributed by atoms with E-state index in [0.717, 1.165) is 45.2 Å². The Labute approximate surface area is 176 Å². The number of hydrogen-bond donors (Lipinski definition) is 2. The van der Waals surface area contributed by atoms with Gasteiger partial charge in [0.15, 0.2) is 5.96 Å². The fourth-order valence-electron chi connectivity index (χ4n) is 3.16. The van der Waals surface area contributed by atoms with Gasteiger partial charge in [0.25, 0.3) is 0 Å². The monoisotopic (exact) mass is 473 g/mol. The Bertz CT molecular complexity index is 586. The van der Waals surface area contributed by atoms with E-state index in [1.54, 1.807) is 0 Å². The van der Waals surface area contributed by atoms with Gasteiger partial charge in [-0.25, -0.2) is 0 Å². The summed E-state index contributed by atoms with van der Waals surface area (Å²) in [7, 11) is 1.82. The number of nitrogens with zero attached hydrogens (tertiary/aromatic N) is 3. The molecule has 0 atom stereocenters. The van der Waals surface area contributed by atoms with Crippen LogP contribution in [0.3, 0.4) is 0 Å². The Hall–Kier alpha value is -1.02. The molecule has 0 aliphatic carbocycles. The lowest BCUT2D eigenvalue weighted by molar-refractivity contribution is 0.261. The number of aliphatic imine (C=N–C) groups is 1. The minimum absolute atomic E-state index is 0. The lowest BCUT2D eigenvalue weighted by Gasteiger charge is -2.37. The van der Waals surface area contributed by atoms with Gasteiger partial charge in [0.1, 0.15) is 0 Å². The molecule has 26 heavy (non-hydrogen) atoms. The topological polar surface area (TPSA) is 42.9 Å². The zero-order chi connectivity index (χ0) is 18.4. The standard InChI is InChI=1S/C20H35N5.HI/c1-16-8-7-9-18(17(16)2)25-14-12-24(13-15-25)11-10-22-19(21-6)23-20(3,4)5;/h7-9H,10-15H2,1-6H3,(H2,21,22,23);1H. The molecule has 148 valence electrons. The van der Waals surface area contributed by atoms with Gasteiger partial charge in [0.2, 0.25) is 0 Å². The van der Waals surface area contributed by atoms with Crippen molar-refractivity contribution in [2.45, 2.75) is 40.2 Å². The molecule has 1 aliphatic rings. The van der Waals surface area contributed by atoms with E-state index in [0.29, 0.717) is 0 Å². The van der Waals surface area contributed by atoms with Gasteiger partial charge in [-0.1, -0.05) is 12.1 Å². The molecule has 0 aromatic heterocycles. The Balaban J connectivity index is 0.00000338. The molecule has 1 aliphatic heterocycles. The van der Waals surface area contributed by atoms with E-state index in [9.17, 15) is 0 Å². The third-order valence-electron chi connectivity index (χ3n) is 4.73. The van der Waals surface area contributed by atoms with Crippen LogP contribution in [-0.4, -0.2) is 62.7 Å². The second-order valence-corrected chi connectivity index (χ2v) is 7.92. The predicted molar refractivity (Wildman–Crippen MR) is 124 cm³/mol. The number of nitrogens with one attached hydrogen (secondary N) is 2. The minimum Gasteiger partial charge on any atom is -0.369 e. The van der Waals surface area contributed by atoms with Crippen molar-refractivity contribution >= 4 is 35.6 Å². The van der Waals surface area contributed by atoms with Crippen LogP contribution in [0.1, 0.15) is 31.9 Å². The lowest BCUT2D eigenvalue weighted by atomic mass is 10.1. The molecule has 1 fully saturated rings. The zero-order valence-corrected chi connectivity index (χ0v) is 19.6. The molecule has 5 nitrogen and oxygen atoms in total. The van der Waals surface area contributed by atoms with Crippen LogP contribution in [-0.2, 0) is 0 Å². The van der Waals surface area contributed by atoms with Crippen molar-refractivity contribution in [1.82, 2.24) is 15.5 Å². The van der Waals surface area contributed by atoms with Gasteiger partial charge in [-0.05, 0) is 51.8 Å². The first kappa shape index (κ1) is 23.0. The zero-order valence-electron chi connectivity index (χ0n) is 17.2. The molecule has 2 rings (SSSR count). The Morgan fingerprint density at radius 2 is 1.77 bits per heavy atom. The van der Waals surface area contributed by atoms with E-state index in [-0.39, 0.29) is 29.5 Å². The quantitative estimate of drug-likeness (QED) is 0.401. The smallest absolute Gasteiger partial charge is 0.191 e. The number of hydrogen-bond acceptors (Lipinski definition) is 3. The van der Waals surface area contributed by atoms with E-state index < -0.39 is 0 Å². The lowest BCUT2D eigenvalue weighted by Crippen LogP contribution is -2.51. The summed E-state index contributed by atoms with van der Waals surface area (Å²) >= 11 is 0. The molecule has 1 saturated heterocycles. The molecule has 0 unspecified atom stereocenters. The summed E-state index contributed by atoms with van der Waals surface area (Å²) in [6.07, 6.45) is 0. The summed E-state index contributed by atoms with van der Waals surface area (Å²) in [5, 5.41) is 6.81. The third-order valence-corrected chi connectivity index (χ3v) is 4.73. The molecule has 1 heterocycles. The number of piperazine rings is 1. The molecule has 1 aromatic carbocycles. The highest BCUT2D eigenvalue weighted by Gasteiger charge is 2.18. The summed E-state index contributed by atoms with van der Waals surface area (Å²) < 4.78 is 0. The van der Waals surface area contributed by atoms with E-state index >= 15 is 0 Å². The van der Waals surface area contributed by atoms with Crippen molar-refractivity contribution in [2.75, 3.05) is 51.2 Å². The maximum atomic E-state index is 4.29. The summed E-state index contributed by atoms with van der Waals surface area (Å²) in [4.78, 5) is 9.34. The third kappa shape index (κ3) is 6.95. The Morgan fingerprint density at radius 3 is 2.35 bits per heavy atom. The van der Waals surface area contributed by atoms with Crippen molar-refractivity contribution in [3.8, 4) is 0 Å². The van der Waals surface area contributed by atoms with E-state index in [1.807, 2.05) is 7.05 Å². The normalized spacial score (nSPS) is 16.2. The fourth-order valence-corrected chi connectivity index (χ4v) is 3.16. The highest BCUT2D eigenvalue weighted by molar-refractivity contribution is 14.0. The number of halogens is 1. The first-order chi connectivity index (χ1) is 11.8. The molecular weight excluding hydrogens is 437 g/mol. The summed E-state index contributed by atoms with van der Waals surface area (Å²) in [6.45, 7) is 17.2. The molecule has 0 spiro atoms. The number of guanidine groups is 1. The van der Waals surface area contributed by atoms with Crippen molar-refractivity contribution < 1.29 is 0 Å².